The summed E-state index contributed by atoms with van der Waals surface area (Å²) in [6, 6.07) is 0. The van der Waals surface area contributed by atoms with Crippen molar-refractivity contribution in [1.82, 2.24) is 9.78 Å². The summed E-state index contributed by atoms with van der Waals surface area (Å²) in [7, 11) is 1.91. The lowest BCUT2D eigenvalue weighted by molar-refractivity contribution is 0.164. The molecule has 1 heterocycles. The van der Waals surface area contributed by atoms with Crippen molar-refractivity contribution < 1.29 is 5.11 Å². The Hall–Kier alpha value is -0.830. The highest BCUT2D eigenvalue weighted by atomic mass is 16.3. The third kappa shape index (κ3) is 1.25. The first-order chi connectivity index (χ1) is 5.77. The van der Waals surface area contributed by atoms with E-state index in [1.54, 1.807) is 4.68 Å². The second-order valence-electron chi connectivity index (χ2n) is 3.55. The number of aliphatic hydroxyl groups excluding tert-OH is 1. The first-order valence-electron chi connectivity index (χ1n) is 4.44. The predicted octanol–water partition coefficient (Wildman–Crippen LogP) is 1.05. The van der Waals surface area contributed by atoms with Gasteiger partial charge < -0.3 is 5.11 Å². The first kappa shape index (κ1) is 7.80. The third-order valence-corrected chi connectivity index (χ3v) is 2.63. The van der Waals surface area contributed by atoms with Gasteiger partial charge >= 0.3 is 0 Å². The smallest absolute Gasteiger partial charge is 0.0609 e. The molecule has 1 aliphatic rings. The fourth-order valence-electron chi connectivity index (χ4n) is 1.96. The Labute approximate surface area is 72.0 Å². The van der Waals surface area contributed by atoms with Gasteiger partial charge in [0.2, 0.25) is 0 Å². The van der Waals surface area contributed by atoms with Crippen LogP contribution in [0.1, 0.15) is 30.7 Å². The molecule has 66 valence electrons. The molecular weight excluding hydrogens is 152 g/mol. The average molecular weight is 166 g/mol. The van der Waals surface area contributed by atoms with Crippen molar-refractivity contribution in [3.05, 3.63) is 18.0 Å². The number of aliphatic hydroxyl groups is 1. The fourth-order valence-corrected chi connectivity index (χ4v) is 1.96. The summed E-state index contributed by atoms with van der Waals surface area (Å²) in [4.78, 5) is 0. The summed E-state index contributed by atoms with van der Waals surface area (Å²) in [6.07, 6.45) is 6.90. The molecular formula is C9H14N2O. The Morgan fingerprint density at radius 1 is 1.58 bits per heavy atom. The van der Waals surface area contributed by atoms with Gasteiger partial charge in [-0.2, -0.15) is 5.10 Å². The average Bonchev–Trinajstić information content (AvgIpc) is 2.58. The molecule has 12 heavy (non-hydrogen) atoms. The molecule has 3 nitrogen and oxygen atoms in total. The number of aromatic nitrogens is 2. The molecule has 1 aromatic rings. The zero-order chi connectivity index (χ0) is 8.55. The summed E-state index contributed by atoms with van der Waals surface area (Å²) in [6.45, 7) is 0. The van der Waals surface area contributed by atoms with Crippen LogP contribution in [-0.2, 0) is 7.05 Å². The summed E-state index contributed by atoms with van der Waals surface area (Å²) < 4.78 is 1.79. The topological polar surface area (TPSA) is 38.0 Å². The maximum Gasteiger partial charge on any atom is 0.0609 e. The lowest BCUT2D eigenvalue weighted by atomic mass is 9.99. The molecule has 0 bridgehead atoms. The van der Waals surface area contributed by atoms with E-state index in [0.717, 1.165) is 19.3 Å². The Bertz CT molecular complexity index is 269. The molecule has 0 unspecified atom stereocenters. The van der Waals surface area contributed by atoms with Gasteiger partial charge in [-0.1, -0.05) is 6.42 Å². The van der Waals surface area contributed by atoms with E-state index in [4.69, 9.17) is 0 Å². The number of hydrogen-bond donors (Lipinski definition) is 1. The van der Waals surface area contributed by atoms with Crippen LogP contribution in [0, 0.1) is 0 Å². The first-order valence-corrected chi connectivity index (χ1v) is 4.44. The highest BCUT2D eigenvalue weighted by molar-refractivity contribution is 5.14. The van der Waals surface area contributed by atoms with E-state index < -0.39 is 0 Å². The van der Waals surface area contributed by atoms with Crippen LogP contribution in [0.5, 0.6) is 0 Å². The van der Waals surface area contributed by atoms with Crippen LogP contribution in [-0.4, -0.2) is 21.0 Å². The minimum Gasteiger partial charge on any atom is -0.392 e. The largest absolute Gasteiger partial charge is 0.392 e. The van der Waals surface area contributed by atoms with Gasteiger partial charge in [0.05, 0.1) is 12.3 Å². The lowest BCUT2D eigenvalue weighted by Gasteiger charge is -2.10. The highest BCUT2D eigenvalue weighted by Gasteiger charge is 2.27. The van der Waals surface area contributed by atoms with Crippen molar-refractivity contribution >= 4 is 0 Å². The normalized spacial score (nSPS) is 29.5. The minimum absolute atomic E-state index is 0.144. The van der Waals surface area contributed by atoms with Gasteiger partial charge in [-0.3, -0.25) is 4.68 Å². The Kier molecular flexibility index (Phi) is 1.89. The molecule has 1 saturated carbocycles. The van der Waals surface area contributed by atoms with Crippen molar-refractivity contribution in [2.24, 2.45) is 7.05 Å². The SMILES string of the molecule is Cn1cc([C@@H]2CCC[C@H]2O)cn1. The van der Waals surface area contributed by atoms with Crippen molar-refractivity contribution in [3.8, 4) is 0 Å². The maximum atomic E-state index is 9.61. The minimum atomic E-state index is -0.144. The quantitative estimate of drug-likeness (QED) is 0.677. The highest BCUT2D eigenvalue weighted by Crippen LogP contribution is 2.33. The van der Waals surface area contributed by atoms with E-state index in [1.165, 1.54) is 5.56 Å². The Morgan fingerprint density at radius 2 is 2.42 bits per heavy atom. The van der Waals surface area contributed by atoms with Crippen LogP contribution in [0.25, 0.3) is 0 Å². The van der Waals surface area contributed by atoms with Crippen molar-refractivity contribution in [3.63, 3.8) is 0 Å². The molecule has 0 aliphatic heterocycles. The maximum absolute atomic E-state index is 9.61. The van der Waals surface area contributed by atoms with Crippen LogP contribution in [0.4, 0.5) is 0 Å². The van der Waals surface area contributed by atoms with Gasteiger partial charge in [0.25, 0.3) is 0 Å². The van der Waals surface area contributed by atoms with E-state index in [1.807, 2.05) is 19.4 Å². The van der Waals surface area contributed by atoms with E-state index in [-0.39, 0.29) is 6.10 Å². The Balaban J connectivity index is 2.19. The van der Waals surface area contributed by atoms with Gasteiger partial charge in [0.1, 0.15) is 0 Å². The predicted molar refractivity (Wildman–Crippen MR) is 45.8 cm³/mol. The molecule has 1 N–H and O–H groups in total. The van der Waals surface area contributed by atoms with E-state index in [2.05, 4.69) is 5.10 Å². The lowest BCUT2D eigenvalue weighted by Crippen LogP contribution is -2.10. The zero-order valence-corrected chi connectivity index (χ0v) is 7.27. The summed E-state index contributed by atoms with van der Waals surface area (Å²) >= 11 is 0. The van der Waals surface area contributed by atoms with Crippen LogP contribution in [0.2, 0.25) is 0 Å². The number of rotatable bonds is 1. The third-order valence-electron chi connectivity index (χ3n) is 2.63. The van der Waals surface area contributed by atoms with Crippen LogP contribution in [0.3, 0.4) is 0 Å². The molecule has 0 spiro atoms. The second kappa shape index (κ2) is 2.90. The van der Waals surface area contributed by atoms with Crippen LogP contribution in [0.15, 0.2) is 12.4 Å². The Morgan fingerprint density at radius 3 is 2.92 bits per heavy atom. The van der Waals surface area contributed by atoms with Crippen molar-refractivity contribution in [2.75, 3.05) is 0 Å². The molecule has 2 atom stereocenters. The molecule has 0 radical (unpaired) electrons. The molecule has 2 rings (SSSR count). The summed E-state index contributed by atoms with van der Waals surface area (Å²) in [5.41, 5.74) is 1.18. The fraction of sp³-hybridized carbons (Fsp3) is 0.667. The van der Waals surface area contributed by atoms with E-state index in [9.17, 15) is 5.11 Å². The van der Waals surface area contributed by atoms with Gasteiger partial charge in [-0.25, -0.2) is 0 Å². The van der Waals surface area contributed by atoms with Crippen molar-refractivity contribution in [2.45, 2.75) is 31.3 Å². The zero-order valence-electron chi connectivity index (χ0n) is 7.27. The molecule has 3 heteroatoms. The number of aryl methyl sites for hydroxylation is 1. The number of hydrogen-bond acceptors (Lipinski definition) is 2. The molecule has 0 saturated heterocycles. The molecule has 1 fully saturated rings. The summed E-state index contributed by atoms with van der Waals surface area (Å²) in [5.74, 6) is 0.332. The van der Waals surface area contributed by atoms with E-state index in [0.29, 0.717) is 5.92 Å². The molecule has 0 amide bonds. The van der Waals surface area contributed by atoms with Gasteiger partial charge in [-0.05, 0) is 18.4 Å². The standard InChI is InChI=1S/C9H14N2O/c1-11-6-7(5-10-11)8-3-2-4-9(8)12/h5-6,8-9,12H,2-4H2,1H3/t8-,9+/m0/s1. The molecule has 1 aliphatic carbocycles. The van der Waals surface area contributed by atoms with Gasteiger partial charge in [-0.15, -0.1) is 0 Å². The monoisotopic (exact) mass is 166 g/mol. The second-order valence-corrected chi connectivity index (χ2v) is 3.55. The van der Waals surface area contributed by atoms with E-state index >= 15 is 0 Å². The molecule has 0 aromatic carbocycles. The summed E-state index contributed by atoms with van der Waals surface area (Å²) in [5, 5.41) is 13.7. The molecule has 1 aromatic heterocycles. The van der Waals surface area contributed by atoms with Crippen LogP contribution < -0.4 is 0 Å². The van der Waals surface area contributed by atoms with Crippen LogP contribution >= 0.6 is 0 Å². The number of nitrogens with zero attached hydrogens (tertiary/aromatic N) is 2. The van der Waals surface area contributed by atoms with Gasteiger partial charge in [0, 0.05) is 19.2 Å². The van der Waals surface area contributed by atoms with Crippen molar-refractivity contribution in [1.29, 1.82) is 0 Å². The van der Waals surface area contributed by atoms with Gasteiger partial charge in [0.15, 0.2) is 0 Å².